The molecular weight excluding hydrogens is 380 g/mol. The summed E-state index contributed by atoms with van der Waals surface area (Å²) in [7, 11) is 1.50. The summed E-state index contributed by atoms with van der Waals surface area (Å²) in [5, 5.41) is 9.51. The second-order valence-electron chi connectivity index (χ2n) is 6.45. The topological polar surface area (TPSA) is 91.1 Å². The third kappa shape index (κ3) is 3.07. The zero-order chi connectivity index (χ0) is 17.4. The van der Waals surface area contributed by atoms with E-state index in [9.17, 15) is 19.5 Å². The van der Waals surface area contributed by atoms with E-state index in [0.717, 1.165) is 19.3 Å². The van der Waals surface area contributed by atoms with Crippen LogP contribution in [0.4, 0.5) is 0 Å². The van der Waals surface area contributed by atoms with Gasteiger partial charge in [0.15, 0.2) is 10.4 Å². The number of likely N-dealkylation sites (N-methyl/N-ethyl adjacent to an activating group) is 1. The molecule has 0 spiro atoms. The van der Waals surface area contributed by atoms with Crippen LogP contribution < -0.4 is 0 Å². The molecule has 24 heavy (non-hydrogen) atoms. The van der Waals surface area contributed by atoms with E-state index in [1.807, 2.05) is 0 Å². The second kappa shape index (κ2) is 6.58. The molecule has 2 aliphatic rings. The van der Waals surface area contributed by atoms with Crippen LogP contribution in [0.15, 0.2) is 21.2 Å². The molecule has 2 heterocycles. The van der Waals surface area contributed by atoms with Crippen LogP contribution in [-0.4, -0.2) is 58.9 Å². The molecule has 3 rings (SSSR count). The smallest absolute Gasteiger partial charge is 0.326 e. The molecule has 1 aromatic rings. The fraction of sp³-hybridized carbons (Fsp3) is 0.562. The first-order valence-electron chi connectivity index (χ1n) is 7.91. The zero-order valence-electron chi connectivity index (χ0n) is 13.3. The number of nitrogens with zero attached hydrogens (tertiary/aromatic N) is 2. The lowest BCUT2D eigenvalue weighted by atomic mass is 9.94. The predicted octanol–water partition coefficient (Wildman–Crippen LogP) is 1.83. The molecule has 2 fully saturated rings. The number of hydrogen-bond acceptors (Lipinski definition) is 4. The lowest BCUT2D eigenvalue weighted by Crippen LogP contribution is -2.47. The number of carboxylic acids is 1. The van der Waals surface area contributed by atoms with Gasteiger partial charge in [-0.3, -0.25) is 9.59 Å². The number of fused-ring (bicyclic) bond motifs is 1. The molecule has 2 amide bonds. The second-order valence-corrected chi connectivity index (χ2v) is 7.23. The van der Waals surface area contributed by atoms with Gasteiger partial charge in [0.25, 0.3) is 5.91 Å². The molecule has 1 N–H and O–H groups in total. The Morgan fingerprint density at radius 2 is 2.12 bits per heavy atom. The number of hydrogen-bond donors (Lipinski definition) is 1. The molecule has 1 saturated heterocycles. The summed E-state index contributed by atoms with van der Waals surface area (Å²) in [5.74, 6) is -1.28. The highest BCUT2D eigenvalue weighted by atomic mass is 79.9. The molecule has 3 unspecified atom stereocenters. The van der Waals surface area contributed by atoms with Crippen molar-refractivity contribution in [2.24, 2.45) is 11.8 Å². The Hall–Kier alpha value is -1.83. The maximum atomic E-state index is 12.6. The van der Waals surface area contributed by atoms with Crippen LogP contribution in [0.5, 0.6) is 0 Å². The average Bonchev–Trinajstić information content (AvgIpc) is 3.20. The van der Waals surface area contributed by atoms with Crippen molar-refractivity contribution in [1.29, 1.82) is 0 Å². The van der Waals surface area contributed by atoms with Gasteiger partial charge in [-0.05, 0) is 52.7 Å². The van der Waals surface area contributed by atoms with E-state index in [2.05, 4.69) is 15.9 Å². The Morgan fingerprint density at radius 1 is 1.38 bits per heavy atom. The van der Waals surface area contributed by atoms with Crippen LogP contribution in [-0.2, 0) is 9.59 Å². The molecule has 1 saturated carbocycles. The largest absolute Gasteiger partial charge is 0.480 e. The van der Waals surface area contributed by atoms with Gasteiger partial charge in [-0.1, -0.05) is 6.42 Å². The van der Waals surface area contributed by atoms with Crippen molar-refractivity contribution in [3.8, 4) is 0 Å². The SMILES string of the molecule is CN(CC(=O)N1CC2CCCC2C1C(=O)O)C(=O)c1ccc(Br)o1. The van der Waals surface area contributed by atoms with Crippen molar-refractivity contribution >= 4 is 33.7 Å². The first-order valence-corrected chi connectivity index (χ1v) is 8.71. The molecular formula is C16H19BrN2O5. The molecule has 0 aromatic carbocycles. The number of aliphatic carboxylic acids is 1. The van der Waals surface area contributed by atoms with Gasteiger partial charge in [-0.25, -0.2) is 4.79 Å². The number of furan rings is 1. The van der Waals surface area contributed by atoms with Crippen LogP contribution in [0, 0.1) is 11.8 Å². The maximum absolute atomic E-state index is 12.6. The summed E-state index contributed by atoms with van der Waals surface area (Å²) in [4.78, 5) is 39.1. The van der Waals surface area contributed by atoms with Gasteiger partial charge < -0.3 is 19.3 Å². The van der Waals surface area contributed by atoms with Crippen molar-refractivity contribution in [1.82, 2.24) is 9.80 Å². The van der Waals surface area contributed by atoms with Gasteiger partial charge in [0.1, 0.15) is 6.04 Å². The molecule has 8 heteroatoms. The summed E-state index contributed by atoms with van der Waals surface area (Å²) >= 11 is 3.13. The molecule has 130 valence electrons. The van der Waals surface area contributed by atoms with Gasteiger partial charge in [-0.2, -0.15) is 0 Å². The Morgan fingerprint density at radius 3 is 2.75 bits per heavy atom. The van der Waals surface area contributed by atoms with Gasteiger partial charge >= 0.3 is 5.97 Å². The van der Waals surface area contributed by atoms with E-state index in [0.29, 0.717) is 11.2 Å². The summed E-state index contributed by atoms with van der Waals surface area (Å²) < 4.78 is 5.63. The van der Waals surface area contributed by atoms with E-state index in [1.54, 1.807) is 6.07 Å². The minimum absolute atomic E-state index is 0.0356. The van der Waals surface area contributed by atoms with Gasteiger partial charge in [0.05, 0.1) is 6.54 Å². The van der Waals surface area contributed by atoms with E-state index in [4.69, 9.17) is 4.42 Å². The molecule has 0 bridgehead atoms. The van der Waals surface area contributed by atoms with Crippen LogP contribution in [0.2, 0.25) is 0 Å². The monoisotopic (exact) mass is 398 g/mol. The number of carboxylic acid groups (broad SMARTS) is 1. The lowest BCUT2D eigenvalue weighted by Gasteiger charge is -2.26. The fourth-order valence-electron chi connectivity index (χ4n) is 3.86. The Kier molecular flexibility index (Phi) is 4.67. The highest BCUT2D eigenvalue weighted by molar-refractivity contribution is 9.10. The van der Waals surface area contributed by atoms with Gasteiger partial charge in [0.2, 0.25) is 5.91 Å². The first kappa shape index (κ1) is 17.0. The maximum Gasteiger partial charge on any atom is 0.326 e. The Labute approximate surface area is 147 Å². The van der Waals surface area contributed by atoms with Gasteiger partial charge in [-0.15, -0.1) is 0 Å². The highest BCUT2D eigenvalue weighted by Gasteiger charge is 2.49. The number of carbonyl (C=O) groups is 3. The van der Waals surface area contributed by atoms with Crippen LogP contribution >= 0.6 is 15.9 Å². The molecule has 7 nitrogen and oxygen atoms in total. The van der Waals surface area contributed by atoms with Crippen molar-refractivity contribution in [2.45, 2.75) is 25.3 Å². The fourth-order valence-corrected chi connectivity index (χ4v) is 4.17. The quantitative estimate of drug-likeness (QED) is 0.834. The highest BCUT2D eigenvalue weighted by Crippen LogP contribution is 2.42. The Bertz CT molecular complexity index is 673. The summed E-state index contributed by atoms with van der Waals surface area (Å²) in [5.41, 5.74) is 0. The van der Waals surface area contributed by atoms with E-state index in [-0.39, 0.29) is 30.0 Å². The number of rotatable bonds is 4. The predicted molar refractivity (Wildman–Crippen MR) is 87.3 cm³/mol. The summed E-state index contributed by atoms with van der Waals surface area (Å²) in [6.07, 6.45) is 2.83. The number of halogens is 1. The van der Waals surface area contributed by atoms with Crippen molar-refractivity contribution in [3.63, 3.8) is 0 Å². The lowest BCUT2D eigenvalue weighted by molar-refractivity contribution is -0.149. The standard InChI is InChI=1S/C16H19BrN2O5/c1-18(15(21)11-5-6-12(17)24-11)8-13(20)19-7-9-3-2-4-10(9)14(19)16(22)23/h5-6,9-10,14H,2-4,7-8H2,1H3,(H,22,23). The van der Waals surface area contributed by atoms with Crippen molar-refractivity contribution in [3.05, 3.63) is 22.6 Å². The number of likely N-dealkylation sites (tertiary alicyclic amines) is 1. The number of amides is 2. The summed E-state index contributed by atoms with van der Waals surface area (Å²) in [6.45, 7) is 0.301. The minimum atomic E-state index is -0.957. The van der Waals surface area contributed by atoms with Crippen LogP contribution in [0.25, 0.3) is 0 Å². The molecule has 1 aromatic heterocycles. The zero-order valence-corrected chi connectivity index (χ0v) is 14.9. The van der Waals surface area contributed by atoms with Crippen LogP contribution in [0.3, 0.4) is 0 Å². The normalized spacial score (nSPS) is 25.6. The number of carbonyl (C=O) groups excluding carboxylic acids is 2. The molecule has 0 radical (unpaired) electrons. The van der Waals surface area contributed by atoms with E-state index < -0.39 is 17.9 Å². The van der Waals surface area contributed by atoms with E-state index in [1.165, 1.54) is 22.9 Å². The average molecular weight is 399 g/mol. The minimum Gasteiger partial charge on any atom is -0.480 e. The van der Waals surface area contributed by atoms with Crippen molar-refractivity contribution in [2.75, 3.05) is 20.1 Å². The summed E-state index contributed by atoms with van der Waals surface area (Å²) in [6, 6.07) is 2.35. The van der Waals surface area contributed by atoms with Crippen molar-refractivity contribution < 1.29 is 23.9 Å². The third-order valence-corrected chi connectivity index (χ3v) is 5.39. The molecule has 1 aliphatic heterocycles. The molecule has 3 atom stereocenters. The van der Waals surface area contributed by atoms with Crippen LogP contribution in [0.1, 0.15) is 29.8 Å². The third-order valence-electron chi connectivity index (χ3n) is 4.97. The van der Waals surface area contributed by atoms with Gasteiger partial charge in [0, 0.05) is 13.6 Å². The first-order chi connectivity index (χ1) is 11.4. The Balaban J connectivity index is 1.67. The van der Waals surface area contributed by atoms with E-state index >= 15 is 0 Å². The molecule has 1 aliphatic carbocycles.